The zero-order valence-electron chi connectivity index (χ0n) is 12.8. The fraction of sp³-hybridized carbons (Fsp3) is 1.00. The Labute approximate surface area is 108 Å². The molecule has 0 amide bonds. The van der Waals surface area contributed by atoms with Crippen LogP contribution in [-0.2, 0) is 0 Å². The second-order valence-electron chi connectivity index (χ2n) is 6.21. The normalized spacial score (nSPS) is 14.6. The summed E-state index contributed by atoms with van der Waals surface area (Å²) in [7, 11) is 4.28. The van der Waals surface area contributed by atoms with Crippen molar-refractivity contribution in [2.75, 3.05) is 40.3 Å². The minimum atomic E-state index is 0.296. The lowest BCUT2D eigenvalue weighted by Crippen LogP contribution is -2.40. The average Bonchev–Trinajstić information content (AvgIpc) is 2.23. The maximum Gasteiger partial charge on any atom is 0.0194 e. The molecule has 0 bridgehead atoms. The molecule has 0 saturated heterocycles. The van der Waals surface area contributed by atoms with E-state index in [0.717, 1.165) is 19.6 Å². The lowest BCUT2D eigenvalue weighted by atomic mass is 9.88. The van der Waals surface area contributed by atoms with Crippen LogP contribution in [0.5, 0.6) is 0 Å². The van der Waals surface area contributed by atoms with Gasteiger partial charge in [0.15, 0.2) is 0 Å². The summed E-state index contributed by atoms with van der Waals surface area (Å²) < 4.78 is 0. The van der Waals surface area contributed by atoms with E-state index in [1.165, 1.54) is 19.4 Å². The molecule has 0 spiro atoms. The molecular weight excluding hydrogens is 210 g/mol. The topological polar surface area (TPSA) is 32.5 Å². The third-order valence-electron chi connectivity index (χ3n) is 3.51. The van der Waals surface area contributed by atoms with E-state index in [2.05, 4.69) is 51.6 Å². The summed E-state index contributed by atoms with van der Waals surface area (Å²) in [6.45, 7) is 13.3. The molecule has 3 nitrogen and oxygen atoms in total. The Balaban J connectivity index is 3.97. The molecule has 0 radical (unpaired) electrons. The molecule has 0 aromatic carbocycles. The third kappa shape index (κ3) is 7.74. The number of nitrogens with zero attached hydrogens (tertiary/aromatic N) is 2. The van der Waals surface area contributed by atoms with Crippen molar-refractivity contribution in [3.8, 4) is 0 Å². The molecule has 104 valence electrons. The van der Waals surface area contributed by atoms with Crippen LogP contribution in [0.15, 0.2) is 0 Å². The monoisotopic (exact) mass is 243 g/mol. The van der Waals surface area contributed by atoms with E-state index in [4.69, 9.17) is 5.73 Å². The first kappa shape index (κ1) is 16.9. The summed E-state index contributed by atoms with van der Waals surface area (Å²) in [6.07, 6.45) is 2.46. The highest BCUT2D eigenvalue weighted by molar-refractivity contribution is 4.73. The molecule has 0 heterocycles. The first-order valence-corrected chi connectivity index (χ1v) is 6.91. The molecule has 1 atom stereocenters. The second-order valence-corrected chi connectivity index (χ2v) is 6.21. The lowest BCUT2D eigenvalue weighted by Gasteiger charge is -2.31. The summed E-state index contributed by atoms with van der Waals surface area (Å²) in [4.78, 5) is 4.82. The van der Waals surface area contributed by atoms with E-state index in [9.17, 15) is 0 Å². The zero-order valence-corrected chi connectivity index (χ0v) is 12.8. The van der Waals surface area contributed by atoms with E-state index in [-0.39, 0.29) is 0 Å². The molecule has 1 unspecified atom stereocenters. The van der Waals surface area contributed by atoms with E-state index >= 15 is 0 Å². The van der Waals surface area contributed by atoms with Crippen molar-refractivity contribution >= 4 is 0 Å². The molecule has 3 heteroatoms. The smallest absolute Gasteiger partial charge is 0.0194 e. The van der Waals surface area contributed by atoms with Crippen LogP contribution in [0.4, 0.5) is 0 Å². The molecular formula is C14H33N3. The molecule has 0 aliphatic rings. The van der Waals surface area contributed by atoms with Crippen molar-refractivity contribution in [1.29, 1.82) is 0 Å². The summed E-state index contributed by atoms with van der Waals surface area (Å²) in [6, 6.07) is 0.635. The van der Waals surface area contributed by atoms with Crippen molar-refractivity contribution in [3.05, 3.63) is 0 Å². The molecule has 0 aromatic rings. The molecule has 17 heavy (non-hydrogen) atoms. The minimum absolute atomic E-state index is 0.296. The lowest BCUT2D eigenvalue weighted by molar-refractivity contribution is 0.170. The van der Waals surface area contributed by atoms with E-state index in [0.29, 0.717) is 11.5 Å². The Kier molecular flexibility index (Phi) is 8.01. The van der Waals surface area contributed by atoms with E-state index in [1.807, 2.05) is 0 Å². The predicted molar refractivity (Wildman–Crippen MR) is 77.3 cm³/mol. The fourth-order valence-electron chi connectivity index (χ4n) is 2.20. The van der Waals surface area contributed by atoms with Crippen LogP contribution in [0.3, 0.4) is 0 Å². The SMILES string of the molecule is CCN(CCCC(C)(C)CN)C(C)CN(C)C. The standard InChI is InChI=1S/C14H33N3/c1-7-17(13(2)11-16(5)6)10-8-9-14(3,4)12-15/h13H,7-12,15H2,1-6H3. The van der Waals surface area contributed by atoms with Crippen molar-refractivity contribution in [2.24, 2.45) is 11.1 Å². The quantitative estimate of drug-likeness (QED) is 0.672. The Morgan fingerprint density at radius 3 is 2.24 bits per heavy atom. The van der Waals surface area contributed by atoms with Gasteiger partial charge in [-0.15, -0.1) is 0 Å². The highest BCUT2D eigenvalue weighted by Crippen LogP contribution is 2.20. The number of nitrogens with two attached hydrogens (primary N) is 1. The van der Waals surface area contributed by atoms with Crippen LogP contribution >= 0.6 is 0 Å². The first-order chi connectivity index (χ1) is 7.82. The maximum absolute atomic E-state index is 5.76. The number of hydrogen-bond donors (Lipinski definition) is 1. The largest absolute Gasteiger partial charge is 0.330 e. The molecule has 0 aliphatic carbocycles. The fourth-order valence-corrected chi connectivity index (χ4v) is 2.20. The zero-order chi connectivity index (χ0) is 13.5. The Hall–Kier alpha value is -0.120. The third-order valence-corrected chi connectivity index (χ3v) is 3.51. The van der Waals surface area contributed by atoms with Gasteiger partial charge >= 0.3 is 0 Å². The Morgan fingerprint density at radius 1 is 1.24 bits per heavy atom. The van der Waals surface area contributed by atoms with Gasteiger partial charge in [-0.1, -0.05) is 20.8 Å². The van der Waals surface area contributed by atoms with Gasteiger partial charge in [0.25, 0.3) is 0 Å². The van der Waals surface area contributed by atoms with Gasteiger partial charge in [0.1, 0.15) is 0 Å². The van der Waals surface area contributed by atoms with Crippen LogP contribution in [0, 0.1) is 5.41 Å². The first-order valence-electron chi connectivity index (χ1n) is 6.91. The summed E-state index contributed by atoms with van der Waals surface area (Å²) in [5.41, 5.74) is 6.06. The molecule has 0 fully saturated rings. The van der Waals surface area contributed by atoms with Gasteiger partial charge in [0.2, 0.25) is 0 Å². The van der Waals surface area contributed by atoms with Crippen LogP contribution in [-0.4, -0.2) is 56.1 Å². The van der Waals surface area contributed by atoms with Gasteiger partial charge in [-0.3, -0.25) is 4.90 Å². The van der Waals surface area contributed by atoms with Crippen LogP contribution in [0.1, 0.15) is 40.5 Å². The van der Waals surface area contributed by atoms with Gasteiger partial charge in [0.05, 0.1) is 0 Å². The summed E-state index contributed by atoms with van der Waals surface area (Å²) in [5, 5.41) is 0. The molecule has 0 rings (SSSR count). The van der Waals surface area contributed by atoms with Gasteiger partial charge in [-0.05, 0) is 58.9 Å². The second kappa shape index (κ2) is 8.06. The highest BCUT2D eigenvalue weighted by Gasteiger charge is 2.17. The summed E-state index contributed by atoms with van der Waals surface area (Å²) >= 11 is 0. The number of hydrogen-bond acceptors (Lipinski definition) is 3. The van der Waals surface area contributed by atoms with Crippen LogP contribution in [0.2, 0.25) is 0 Å². The number of likely N-dealkylation sites (N-methyl/N-ethyl adjacent to an activating group) is 2. The van der Waals surface area contributed by atoms with Crippen LogP contribution in [0.25, 0.3) is 0 Å². The average molecular weight is 243 g/mol. The van der Waals surface area contributed by atoms with E-state index < -0.39 is 0 Å². The molecule has 0 aliphatic heterocycles. The molecule has 0 aromatic heterocycles. The van der Waals surface area contributed by atoms with Crippen molar-refractivity contribution < 1.29 is 0 Å². The minimum Gasteiger partial charge on any atom is -0.330 e. The van der Waals surface area contributed by atoms with Gasteiger partial charge < -0.3 is 10.6 Å². The van der Waals surface area contributed by atoms with Gasteiger partial charge in [0, 0.05) is 12.6 Å². The highest BCUT2D eigenvalue weighted by atomic mass is 15.2. The summed E-state index contributed by atoms with van der Waals surface area (Å²) in [5.74, 6) is 0. The van der Waals surface area contributed by atoms with E-state index in [1.54, 1.807) is 0 Å². The van der Waals surface area contributed by atoms with Crippen molar-refractivity contribution in [1.82, 2.24) is 9.80 Å². The van der Waals surface area contributed by atoms with Gasteiger partial charge in [-0.2, -0.15) is 0 Å². The van der Waals surface area contributed by atoms with Gasteiger partial charge in [-0.25, -0.2) is 0 Å². The molecule has 0 saturated carbocycles. The Bertz CT molecular complexity index is 190. The van der Waals surface area contributed by atoms with Crippen molar-refractivity contribution in [2.45, 2.75) is 46.6 Å². The number of rotatable bonds is 9. The van der Waals surface area contributed by atoms with Crippen molar-refractivity contribution in [3.63, 3.8) is 0 Å². The predicted octanol–water partition coefficient (Wildman–Crippen LogP) is 2.02. The molecule has 2 N–H and O–H groups in total. The Morgan fingerprint density at radius 2 is 1.82 bits per heavy atom. The van der Waals surface area contributed by atoms with Crippen LogP contribution < -0.4 is 5.73 Å². The maximum atomic E-state index is 5.76.